The van der Waals surface area contributed by atoms with E-state index in [1.54, 1.807) is 37.3 Å². The molecule has 0 spiro atoms. The molecule has 1 N–H and O–H groups in total. The third kappa shape index (κ3) is 3.77. The molecule has 7 heteroatoms. The Balaban J connectivity index is 1.70. The Morgan fingerprint density at radius 1 is 1.19 bits per heavy atom. The van der Waals surface area contributed by atoms with Gasteiger partial charge in [-0.05, 0) is 25.9 Å². The van der Waals surface area contributed by atoms with E-state index in [2.05, 4.69) is 5.32 Å². The first kappa shape index (κ1) is 18.5. The van der Waals surface area contributed by atoms with Gasteiger partial charge in [0, 0.05) is 44.3 Å². The molecule has 7 nitrogen and oxygen atoms in total. The van der Waals surface area contributed by atoms with E-state index in [0.717, 1.165) is 26.1 Å². The Labute approximate surface area is 154 Å². The van der Waals surface area contributed by atoms with Crippen molar-refractivity contribution in [2.75, 3.05) is 52.3 Å². The van der Waals surface area contributed by atoms with Crippen molar-refractivity contribution >= 4 is 17.5 Å². The highest BCUT2D eigenvalue weighted by molar-refractivity contribution is 6.00. The predicted molar refractivity (Wildman–Crippen MR) is 98.6 cm³/mol. The first-order chi connectivity index (χ1) is 12.5. The standard InChI is InChI=1S/C19H27N3O4/c1-20-10-13-4-5-21(11-13)19(24)14-6-18(23)22(12-14)15-7-16(25-2)9-17(8-15)26-3/h7-9,13-14,20H,4-6,10-12H2,1-3H3. The van der Waals surface area contributed by atoms with Gasteiger partial charge in [0.25, 0.3) is 0 Å². The number of amides is 2. The number of hydrogen-bond donors (Lipinski definition) is 1. The molecule has 142 valence electrons. The molecule has 2 aliphatic heterocycles. The maximum absolute atomic E-state index is 12.8. The number of rotatable bonds is 6. The van der Waals surface area contributed by atoms with Gasteiger partial charge in [0.15, 0.2) is 0 Å². The largest absolute Gasteiger partial charge is 0.497 e. The van der Waals surface area contributed by atoms with Crippen molar-refractivity contribution in [3.63, 3.8) is 0 Å². The molecule has 2 aliphatic rings. The fourth-order valence-electron chi connectivity index (χ4n) is 3.82. The summed E-state index contributed by atoms with van der Waals surface area (Å²) in [6.45, 7) is 2.88. The SMILES string of the molecule is CNCC1CCN(C(=O)C2CC(=O)N(c3cc(OC)cc(OC)c3)C2)C1. The third-order valence-corrected chi connectivity index (χ3v) is 5.21. The fourth-order valence-corrected chi connectivity index (χ4v) is 3.82. The van der Waals surface area contributed by atoms with Crippen LogP contribution in [-0.4, -0.2) is 64.2 Å². The molecule has 0 aliphatic carbocycles. The summed E-state index contributed by atoms with van der Waals surface area (Å²) in [4.78, 5) is 29.0. The highest BCUT2D eigenvalue weighted by Crippen LogP contribution is 2.33. The molecule has 3 rings (SSSR count). The highest BCUT2D eigenvalue weighted by Gasteiger charge is 2.39. The lowest BCUT2D eigenvalue weighted by molar-refractivity contribution is -0.134. The molecule has 0 bridgehead atoms. The van der Waals surface area contributed by atoms with Crippen molar-refractivity contribution in [2.45, 2.75) is 12.8 Å². The normalized spacial score (nSPS) is 22.8. The predicted octanol–water partition coefficient (Wildman–Crippen LogP) is 1.12. The van der Waals surface area contributed by atoms with Crippen molar-refractivity contribution < 1.29 is 19.1 Å². The molecule has 2 unspecified atom stereocenters. The van der Waals surface area contributed by atoms with Gasteiger partial charge in [0.05, 0.1) is 25.8 Å². The van der Waals surface area contributed by atoms with Crippen molar-refractivity contribution in [1.82, 2.24) is 10.2 Å². The second kappa shape index (κ2) is 7.95. The third-order valence-electron chi connectivity index (χ3n) is 5.21. The molecule has 1 aromatic rings. The van der Waals surface area contributed by atoms with E-state index in [1.807, 2.05) is 11.9 Å². The molecule has 2 amide bonds. The fraction of sp³-hybridized carbons (Fsp3) is 0.579. The number of nitrogens with zero attached hydrogens (tertiary/aromatic N) is 2. The van der Waals surface area contributed by atoms with Gasteiger partial charge < -0.3 is 24.6 Å². The molecule has 2 heterocycles. The van der Waals surface area contributed by atoms with E-state index in [1.165, 1.54) is 0 Å². The number of carbonyl (C=O) groups is 2. The minimum absolute atomic E-state index is 0.0374. The van der Waals surface area contributed by atoms with E-state index in [0.29, 0.717) is 29.6 Å². The Bertz CT molecular complexity index is 656. The summed E-state index contributed by atoms with van der Waals surface area (Å²) < 4.78 is 10.6. The van der Waals surface area contributed by atoms with E-state index in [-0.39, 0.29) is 24.2 Å². The quantitative estimate of drug-likeness (QED) is 0.822. The topological polar surface area (TPSA) is 71.1 Å². The smallest absolute Gasteiger partial charge is 0.228 e. The van der Waals surface area contributed by atoms with Crippen molar-refractivity contribution in [1.29, 1.82) is 0 Å². The van der Waals surface area contributed by atoms with Crippen LogP contribution in [0.5, 0.6) is 11.5 Å². The lowest BCUT2D eigenvalue weighted by Crippen LogP contribution is -2.36. The Kier molecular flexibility index (Phi) is 5.66. The van der Waals surface area contributed by atoms with Gasteiger partial charge in [0.1, 0.15) is 11.5 Å². The summed E-state index contributed by atoms with van der Waals surface area (Å²) >= 11 is 0. The van der Waals surface area contributed by atoms with E-state index in [9.17, 15) is 9.59 Å². The summed E-state index contributed by atoms with van der Waals surface area (Å²) in [6, 6.07) is 5.36. The summed E-state index contributed by atoms with van der Waals surface area (Å²) in [5.74, 6) is 1.51. The zero-order chi connectivity index (χ0) is 18.7. The summed E-state index contributed by atoms with van der Waals surface area (Å²) in [6.07, 6.45) is 1.27. The number of likely N-dealkylation sites (tertiary alicyclic amines) is 1. The van der Waals surface area contributed by atoms with Crippen molar-refractivity contribution in [3.05, 3.63) is 18.2 Å². The van der Waals surface area contributed by atoms with Crippen LogP contribution < -0.4 is 19.7 Å². The van der Waals surface area contributed by atoms with Crippen LogP contribution in [0, 0.1) is 11.8 Å². The average molecular weight is 361 g/mol. The van der Waals surface area contributed by atoms with Crippen LogP contribution in [0.4, 0.5) is 5.69 Å². The lowest BCUT2D eigenvalue weighted by atomic mass is 10.1. The number of anilines is 1. The van der Waals surface area contributed by atoms with E-state index in [4.69, 9.17) is 9.47 Å². The van der Waals surface area contributed by atoms with Gasteiger partial charge in [-0.2, -0.15) is 0 Å². The number of benzene rings is 1. The molecule has 0 aromatic heterocycles. The average Bonchev–Trinajstić information content (AvgIpc) is 3.27. The van der Waals surface area contributed by atoms with Gasteiger partial charge in [-0.25, -0.2) is 0 Å². The van der Waals surface area contributed by atoms with Crippen LogP contribution in [0.2, 0.25) is 0 Å². The summed E-state index contributed by atoms with van der Waals surface area (Å²) in [7, 11) is 5.08. The van der Waals surface area contributed by atoms with Gasteiger partial charge >= 0.3 is 0 Å². The summed E-state index contributed by atoms with van der Waals surface area (Å²) in [5.41, 5.74) is 0.705. The minimum atomic E-state index is -0.284. The molecule has 2 saturated heterocycles. The van der Waals surface area contributed by atoms with Crippen LogP contribution in [0.3, 0.4) is 0 Å². The van der Waals surface area contributed by atoms with Crippen LogP contribution >= 0.6 is 0 Å². The van der Waals surface area contributed by atoms with Gasteiger partial charge in [0.2, 0.25) is 11.8 Å². The van der Waals surface area contributed by atoms with Crippen LogP contribution in [0.25, 0.3) is 0 Å². The molecule has 0 saturated carbocycles. The first-order valence-electron chi connectivity index (χ1n) is 9.02. The number of methoxy groups -OCH3 is 2. The van der Waals surface area contributed by atoms with Gasteiger partial charge in [-0.3, -0.25) is 9.59 Å². The Morgan fingerprint density at radius 2 is 1.88 bits per heavy atom. The highest BCUT2D eigenvalue weighted by atomic mass is 16.5. The maximum atomic E-state index is 12.8. The second-order valence-electron chi connectivity index (χ2n) is 6.97. The summed E-state index contributed by atoms with van der Waals surface area (Å²) in [5, 5.41) is 3.17. The number of carbonyl (C=O) groups excluding carboxylic acids is 2. The monoisotopic (exact) mass is 361 g/mol. The van der Waals surface area contributed by atoms with Gasteiger partial charge in [-0.1, -0.05) is 0 Å². The van der Waals surface area contributed by atoms with E-state index < -0.39 is 0 Å². The number of nitrogens with one attached hydrogen (secondary N) is 1. The van der Waals surface area contributed by atoms with Crippen molar-refractivity contribution in [2.24, 2.45) is 11.8 Å². The van der Waals surface area contributed by atoms with Crippen LogP contribution in [0.1, 0.15) is 12.8 Å². The van der Waals surface area contributed by atoms with Crippen molar-refractivity contribution in [3.8, 4) is 11.5 Å². The first-order valence-corrected chi connectivity index (χ1v) is 9.02. The Morgan fingerprint density at radius 3 is 2.50 bits per heavy atom. The molecular formula is C19H27N3O4. The zero-order valence-corrected chi connectivity index (χ0v) is 15.7. The lowest BCUT2D eigenvalue weighted by Gasteiger charge is -2.21. The maximum Gasteiger partial charge on any atom is 0.228 e. The molecule has 1 aromatic carbocycles. The number of ether oxygens (including phenoxy) is 2. The van der Waals surface area contributed by atoms with Crippen LogP contribution in [-0.2, 0) is 9.59 Å². The van der Waals surface area contributed by atoms with Crippen LogP contribution in [0.15, 0.2) is 18.2 Å². The minimum Gasteiger partial charge on any atom is -0.497 e. The molecule has 2 fully saturated rings. The second-order valence-corrected chi connectivity index (χ2v) is 6.97. The van der Waals surface area contributed by atoms with E-state index >= 15 is 0 Å². The molecule has 0 radical (unpaired) electrons. The Hall–Kier alpha value is -2.28. The molecule has 2 atom stereocenters. The number of hydrogen-bond acceptors (Lipinski definition) is 5. The molecular weight excluding hydrogens is 334 g/mol. The molecule has 26 heavy (non-hydrogen) atoms. The zero-order valence-electron chi connectivity index (χ0n) is 15.7. The van der Waals surface area contributed by atoms with Gasteiger partial charge in [-0.15, -0.1) is 0 Å².